The van der Waals surface area contributed by atoms with Gasteiger partial charge in [0.05, 0.1) is 18.8 Å². The van der Waals surface area contributed by atoms with E-state index in [1.54, 1.807) is 13.0 Å². The molecule has 1 saturated carbocycles. The van der Waals surface area contributed by atoms with E-state index in [4.69, 9.17) is 14.3 Å². The van der Waals surface area contributed by atoms with Gasteiger partial charge in [0.2, 0.25) is 0 Å². The Morgan fingerprint density at radius 3 is 2.73 bits per heavy atom. The highest BCUT2D eigenvalue weighted by Gasteiger charge is 2.63. The number of morpholine rings is 1. The minimum atomic E-state index is -0.375. The lowest BCUT2D eigenvalue weighted by atomic mass is 10.0. The smallest absolute Gasteiger partial charge is 0.324 e. The van der Waals surface area contributed by atoms with E-state index in [1.807, 2.05) is 31.3 Å². The van der Waals surface area contributed by atoms with Crippen molar-refractivity contribution in [3.8, 4) is 0 Å². The first kappa shape index (κ1) is 21.7. The quantitative estimate of drug-likeness (QED) is 0.735. The van der Waals surface area contributed by atoms with Crippen LogP contribution in [0.2, 0.25) is 0 Å². The number of nitrogens with one attached hydrogen (secondary N) is 2. The summed E-state index contributed by atoms with van der Waals surface area (Å²) in [5.74, 6) is 2.54. The van der Waals surface area contributed by atoms with Crippen LogP contribution in [0.5, 0.6) is 0 Å². The van der Waals surface area contributed by atoms with Crippen LogP contribution in [0.15, 0.2) is 51.1 Å². The van der Waals surface area contributed by atoms with Gasteiger partial charge in [-0.1, -0.05) is 18.1 Å². The molecule has 1 saturated heterocycles. The number of carbonyl (C=O) groups excluding carboxylic acids is 1. The van der Waals surface area contributed by atoms with Crippen LogP contribution in [-0.2, 0) is 4.74 Å². The number of hydrogen-bond acceptors (Lipinski definition) is 7. The lowest BCUT2D eigenvalue weighted by Crippen LogP contribution is -2.49. The largest absolute Gasteiger partial charge is 0.379 e. The van der Waals surface area contributed by atoms with Gasteiger partial charge in [-0.25, -0.2) is 9.79 Å². The topological polar surface area (TPSA) is 95.2 Å². The molecule has 2 N–H and O–H groups in total. The number of amides is 2. The summed E-state index contributed by atoms with van der Waals surface area (Å²) in [5, 5.41) is 9.32. The molecule has 1 aromatic heterocycles. The first-order valence-electron chi connectivity index (χ1n) is 11.4. The predicted octanol–water partition coefficient (Wildman–Crippen LogP) is 3.86. The maximum absolute atomic E-state index is 12.4. The number of nitrogens with zero attached hydrogens (tertiary/aromatic N) is 4. The van der Waals surface area contributed by atoms with E-state index in [-0.39, 0.29) is 11.6 Å². The second-order valence-electron chi connectivity index (χ2n) is 8.96. The zero-order chi connectivity index (χ0) is 23.2. The molecule has 1 aliphatic carbocycles. The highest BCUT2D eigenvalue weighted by Crippen LogP contribution is 2.60. The third-order valence-corrected chi connectivity index (χ3v) is 6.97. The van der Waals surface area contributed by atoms with Gasteiger partial charge >= 0.3 is 6.03 Å². The van der Waals surface area contributed by atoms with Gasteiger partial charge in [-0.05, 0) is 37.6 Å². The zero-order valence-corrected chi connectivity index (χ0v) is 19.5. The molecule has 0 bridgehead atoms. The highest BCUT2D eigenvalue weighted by atomic mass is 16.5. The number of aryl methyl sites for hydroxylation is 1. The molecule has 9 heteroatoms. The fourth-order valence-electron chi connectivity index (χ4n) is 5.29. The summed E-state index contributed by atoms with van der Waals surface area (Å²) >= 11 is 0. The molecule has 174 valence electrons. The number of hydrogen-bond donors (Lipinski definition) is 2. The summed E-state index contributed by atoms with van der Waals surface area (Å²) in [5.41, 5.74) is 4.30. The fourth-order valence-corrected chi connectivity index (χ4v) is 5.29. The second-order valence-corrected chi connectivity index (χ2v) is 8.96. The van der Waals surface area contributed by atoms with Crippen molar-refractivity contribution >= 4 is 29.1 Å². The van der Waals surface area contributed by atoms with Crippen molar-refractivity contribution in [3.05, 3.63) is 47.4 Å². The standard InChI is InChI=1S/C24H30N6O3/c1-15-12-20(28-33-15)27-23(31)26-18-6-5-7-19(13-18)29(4)21-14-24(30-8-10-32-11-9-30)16(2)22(24)17(3)25-21/h5-7,12-13,16H,8-11,14H2,1-4H3,(H2,26,27,28,31). The molecule has 2 atom stereocenters. The molecule has 5 rings (SSSR count). The van der Waals surface area contributed by atoms with Crippen molar-refractivity contribution < 1.29 is 14.1 Å². The summed E-state index contributed by atoms with van der Waals surface area (Å²) < 4.78 is 10.6. The Kier molecular flexibility index (Phi) is 5.46. The summed E-state index contributed by atoms with van der Waals surface area (Å²) in [6.45, 7) is 9.69. The highest BCUT2D eigenvalue weighted by molar-refractivity contribution is 6.02. The van der Waals surface area contributed by atoms with Gasteiger partial charge in [0.1, 0.15) is 11.6 Å². The zero-order valence-electron chi connectivity index (χ0n) is 19.5. The van der Waals surface area contributed by atoms with Gasteiger partial charge in [0, 0.05) is 55.6 Å². The number of carbonyl (C=O) groups is 1. The first-order chi connectivity index (χ1) is 15.9. The van der Waals surface area contributed by atoms with Crippen LogP contribution in [0, 0.1) is 12.8 Å². The monoisotopic (exact) mass is 450 g/mol. The van der Waals surface area contributed by atoms with Crippen LogP contribution in [0.1, 0.15) is 26.0 Å². The molecular weight excluding hydrogens is 420 g/mol. The van der Waals surface area contributed by atoms with E-state index < -0.39 is 0 Å². The van der Waals surface area contributed by atoms with Crippen LogP contribution >= 0.6 is 0 Å². The summed E-state index contributed by atoms with van der Waals surface area (Å²) in [6.07, 6.45) is 0.876. The third-order valence-electron chi connectivity index (χ3n) is 6.97. The van der Waals surface area contributed by atoms with Crippen molar-refractivity contribution in [3.63, 3.8) is 0 Å². The lowest BCUT2D eigenvalue weighted by molar-refractivity contribution is 0.0100. The molecule has 1 aromatic carbocycles. The summed E-state index contributed by atoms with van der Waals surface area (Å²) in [4.78, 5) is 22.0. The molecule has 2 amide bonds. The summed E-state index contributed by atoms with van der Waals surface area (Å²) in [7, 11) is 2.04. The summed E-state index contributed by atoms with van der Waals surface area (Å²) in [6, 6.07) is 9.05. The molecular formula is C24H30N6O3. The van der Waals surface area contributed by atoms with Crippen molar-refractivity contribution in [2.45, 2.75) is 32.7 Å². The molecule has 2 aromatic rings. The average Bonchev–Trinajstić information content (AvgIpc) is 3.22. The van der Waals surface area contributed by atoms with Crippen LogP contribution < -0.4 is 15.5 Å². The van der Waals surface area contributed by atoms with Gasteiger partial charge in [0.25, 0.3) is 0 Å². The molecule has 3 heterocycles. The van der Waals surface area contributed by atoms with E-state index in [0.717, 1.165) is 49.9 Å². The number of benzene rings is 1. The molecule has 9 nitrogen and oxygen atoms in total. The van der Waals surface area contributed by atoms with Gasteiger partial charge < -0.3 is 19.5 Å². The second kappa shape index (κ2) is 8.31. The molecule has 3 aliphatic rings. The Hall–Kier alpha value is -3.17. The molecule has 0 radical (unpaired) electrons. The van der Waals surface area contributed by atoms with E-state index in [1.165, 1.54) is 5.57 Å². The lowest BCUT2D eigenvalue weighted by Gasteiger charge is -2.38. The SMILES string of the molecule is CC1=C2C(C)C2(N2CCOCC2)CC(N(C)c2cccc(NC(=O)Nc3cc(C)on3)c2)=N1. The molecule has 2 aliphatic heterocycles. The van der Waals surface area contributed by atoms with E-state index in [9.17, 15) is 4.79 Å². The normalized spacial score (nSPS) is 24.7. The first-order valence-corrected chi connectivity index (χ1v) is 11.4. The third kappa shape index (κ3) is 3.91. The minimum Gasteiger partial charge on any atom is -0.379 e. The Labute approximate surface area is 193 Å². The van der Waals surface area contributed by atoms with Gasteiger partial charge in [-0.2, -0.15) is 0 Å². The van der Waals surface area contributed by atoms with Crippen LogP contribution in [-0.4, -0.2) is 60.8 Å². The number of allylic oxidation sites excluding steroid dienone is 1. The van der Waals surface area contributed by atoms with E-state index >= 15 is 0 Å². The van der Waals surface area contributed by atoms with Gasteiger partial charge in [-0.3, -0.25) is 10.2 Å². The maximum Gasteiger partial charge on any atom is 0.324 e. The Balaban J connectivity index is 1.31. The van der Waals surface area contributed by atoms with Crippen molar-refractivity contribution in [1.29, 1.82) is 0 Å². The maximum atomic E-state index is 12.4. The van der Waals surface area contributed by atoms with Crippen molar-refractivity contribution in [1.82, 2.24) is 10.1 Å². The van der Waals surface area contributed by atoms with Crippen molar-refractivity contribution in [2.24, 2.45) is 10.9 Å². The number of urea groups is 1. The molecule has 0 spiro atoms. The number of aliphatic imine (C=N–C) groups is 1. The molecule has 2 fully saturated rings. The number of anilines is 3. The number of aromatic nitrogens is 1. The minimum absolute atomic E-state index is 0.0602. The Morgan fingerprint density at radius 2 is 2.00 bits per heavy atom. The number of amidine groups is 1. The van der Waals surface area contributed by atoms with Gasteiger partial charge in [-0.15, -0.1) is 0 Å². The fraction of sp³-hybridized carbons (Fsp3) is 0.458. The van der Waals surface area contributed by atoms with E-state index in [0.29, 0.717) is 23.2 Å². The Morgan fingerprint density at radius 1 is 1.21 bits per heavy atom. The molecule has 33 heavy (non-hydrogen) atoms. The van der Waals surface area contributed by atoms with Crippen LogP contribution in [0.4, 0.5) is 22.0 Å². The Bertz CT molecular complexity index is 1130. The number of ether oxygens (including phenoxy) is 1. The average molecular weight is 451 g/mol. The predicted molar refractivity (Wildman–Crippen MR) is 128 cm³/mol. The van der Waals surface area contributed by atoms with Gasteiger partial charge in [0.15, 0.2) is 5.82 Å². The van der Waals surface area contributed by atoms with Crippen LogP contribution in [0.3, 0.4) is 0 Å². The van der Waals surface area contributed by atoms with Crippen LogP contribution in [0.25, 0.3) is 0 Å². The number of rotatable bonds is 4. The van der Waals surface area contributed by atoms with Crippen molar-refractivity contribution in [2.75, 3.05) is 48.9 Å². The van der Waals surface area contributed by atoms with E-state index in [2.05, 4.69) is 39.4 Å². The molecule has 2 unspecified atom stereocenters. The number of fused-ring (bicyclic) bond motifs is 1.